The van der Waals surface area contributed by atoms with Gasteiger partial charge in [-0.15, -0.1) is 0 Å². The van der Waals surface area contributed by atoms with Crippen LogP contribution in [0.15, 0.2) is 58.1 Å². The number of hydrogen-bond acceptors (Lipinski definition) is 4. The first kappa shape index (κ1) is 21.3. The molecule has 3 aromatic rings. The number of rotatable bonds is 4. The van der Waals surface area contributed by atoms with E-state index in [0.29, 0.717) is 23.7 Å². The lowest BCUT2D eigenvalue weighted by atomic mass is 10.0. The highest BCUT2D eigenvalue weighted by Gasteiger charge is 2.35. The molecule has 166 valence electrons. The molecule has 2 aliphatic heterocycles. The predicted molar refractivity (Wildman–Crippen MR) is 132 cm³/mol. The number of carbonyl (C=O) groups is 1. The highest BCUT2D eigenvalue weighted by atomic mass is 32.2. The number of carbonyl (C=O) groups excluding carboxylic acids is 1. The minimum atomic E-state index is -0.451. The molecule has 0 fully saturated rings. The molecule has 0 saturated heterocycles. The first-order valence-corrected chi connectivity index (χ1v) is 11.5. The zero-order valence-electron chi connectivity index (χ0n) is 18.5. The van der Waals surface area contributed by atoms with Gasteiger partial charge >= 0.3 is 0 Å². The molecule has 0 bridgehead atoms. The molecule has 0 unspecified atom stereocenters. The third-order valence-corrected chi connectivity index (χ3v) is 6.95. The van der Waals surface area contributed by atoms with Crippen LogP contribution in [0.4, 0.5) is 4.39 Å². The molecule has 0 radical (unpaired) electrons. The van der Waals surface area contributed by atoms with Gasteiger partial charge in [0.2, 0.25) is 5.17 Å². The molecule has 3 heterocycles. The number of aliphatic imine (C=N–C) groups is 1. The molecule has 0 aliphatic carbocycles. The van der Waals surface area contributed by atoms with E-state index < -0.39 is 5.91 Å². The summed E-state index contributed by atoms with van der Waals surface area (Å²) >= 11 is 1.32. The SMILES string of the molecule is CCC1=NN2C(=N)/C(=C/c3c(C)n(Cc4ccccc4F)c4ccc(C)cc34)C(=O)N=C2S1. The van der Waals surface area contributed by atoms with Crippen molar-refractivity contribution in [2.75, 3.05) is 0 Å². The minimum absolute atomic E-state index is 0.0167. The van der Waals surface area contributed by atoms with E-state index in [4.69, 9.17) is 5.41 Å². The fraction of sp³-hybridized carbons (Fsp3) is 0.200. The normalized spacial score (nSPS) is 17.1. The third-order valence-electron chi connectivity index (χ3n) is 5.90. The molecule has 1 amide bonds. The number of hydrogen-bond donors (Lipinski definition) is 1. The number of aryl methyl sites for hydroxylation is 1. The lowest BCUT2D eigenvalue weighted by Crippen LogP contribution is -2.35. The smallest absolute Gasteiger partial charge is 0.283 e. The van der Waals surface area contributed by atoms with E-state index in [1.807, 2.05) is 43.5 Å². The predicted octanol–water partition coefficient (Wildman–Crippen LogP) is 5.47. The van der Waals surface area contributed by atoms with E-state index in [-0.39, 0.29) is 17.2 Å². The summed E-state index contributed by atoms with van der Waals surface area (Å²) in [4.78, 5) is 17.0. The molecule has 6 nitrogen and oxygen atoms in total. The fourth-order valence-corrected chi connectivity index (χ4v) is 4.95. The van der Waals surface area contributed by atoms with Crippen molar-refractivity contribution < 1.29 is 9.18 Å². The van der Waals surface area contributed by atoms with Gasteiger partial charge in [-0.25, -0.2) is 4.39 Å². The number of benzene rings is 2. The quantitative estimate of drug-likeness (QED) is 0.526. The van der Waals surface area contributed by atoms with Crippen molar-refractivity contribution in [3.8, 4) is 0 Å². The number of amidine groups is 2. The highest BCUT2D eigenvalue weighted by Crippen LogP contribution is 2.33. The van der Waals surface area contributed by atoms with Gasteiger partial charge in [-0.05, 0) is 56.3 Å². The molecule has 2 aromatic carbocycles. The van der Waals surface area contributed by atoms with Crippen LogP contribution in [-0.2, 0) is 11.3 Å². The van der Waals surface area contributed by atoms with Crippen molar-refractivity contribution in [2.45, 2.75) is 33.7 Å². The van der Waals surface area contributed by atoms with E-state index in [9.17, 15) is 9.18 Å². The van der Waals surface area contributed by atoms with E-state index in [1.165, 1.54) is 22.8 Å². The average molecular weight is 460 g/mol. The standard InChI is InChI=1S/C25H22FN5OS/c1-4-22-29-31-23(27)19(24(32)28-25(31)33-22)12-17-15(3)30(13-16-7-5-6-8-20(16)26)21-10-9-14(2)11-18(17)21/h5-12,27H,4,13H2,1-3H3/b19-12-,27-23?. The number of nitrogens with zero attached hydrogens (tertiary/aromatic N) is 4. The summed E-state index contributed by atoms with van der Waals surface area (Å²) < 4.78 is 16.5. The van der Waals surface area contributed by atoms with Crippen LogP contribution in [0.25, 0.3) is 17.0 Å². The summed E-state index contributed by atoms with van der Waals surface area (Å²) in [5, 5.41) is 16.7. The Kier molecular flexibility index (Phi) is 5.25. The van der Waals surface area contributed by atoms with Crippen LogP contribution in [0, 0.1) is 25.1 Å². The van der Waals surface area contributed by atoms with Crippen molar-refractivity contribution in [3.05, 3.63) is 76.2 Å². The van der Waals surface area contributed by atoms with Gasteiger partial charge in [-0.3, -0.25) is 10.2 Å². The number of aromatic nitrogens is 1. The number of fused-ring (bicyclic) bond motifs is 2. The lowest BCUT2D eigenvalue weighted by Gasteiger charge is -2.20. The number of nitrogens with one attached hydrogen (secondary N) is 1. The molecule has 5 rings (SSSR count). The molecule has 0 saturated carbocycles. The zero-order valence-corrected chi connectivity index (χ0v) is 19.3. The van der Waals surface area contributed by atoms with Gasteiger partial charge in [-0.1, -0.05) is 36.8 Å². The monoisotopic (exact) mass is 459 g/mol. The van der Waals surface area contributed by atoms with Gasteiger partial charge in [-0.2, -0.15) is 15.1 Å². The van der Waals surface area contributed by atoms with E-state index in [0.717, 1.165) is 32.8 Å². The van der Waals surface area contributed by atoms with Gasteiger partial charge in [0, 0.05) is 27.7 Å². The van der Waals surface area contributed by atoms with Crippen molar-refractivity contribution in [3.63, 3.8) is 0 Å². The van der Waals surface area contributed by atoms with E-state index >= 15 is 0 Å². The van der Waals surface area contributed by atoms with Crippen LogP contribution in [0.1, 0.15) is 35.7 Å². The molecule has 2 aliphatic rings. The Hall–Kier alpha value is -3.52. The van der Waals surface area contributed by atoms with Crippen LogP contribution in [-0.4, -0.2) is 31.5 Å². The minimum Gasteiger partial charge on any atom is -0.340 e. The van der Waals surface area contributed by atoms with Gasteiger partial charge in [0.1, 0.15) is 10.9 Å². The maximum Gasteiger partial charge on any atom is 0.283 e. The molecule has 0 spiro atoms. The number of halogens is 1. The Balaban J connectivity index is 1.65. The second kappa shape index (κ2) is 8.12. The maximum atomic E-state index is 14.4. The second-order valence-corrected chi connectivity index (χ2v) is 9.11. The lowest BCUT2D eigenvalue weighted by molar-refractivity contribution is -0.114. The Morgan fingerprint density at radius 3 is 2.73 bits per heavy atom. The largest absolute Gasteiger partial charge is 0.340 e. The van der Waals surface area contributed by atoms with Crippen LogP contribution in [0.5, 0.6) is 0 Å². The summed E-state index contributed by atoms with van der Waals surface area (Å²) in [7, 11) is 0. The third kappa shape index (κ3) is 3.60. The summed E-state index contributed by atoms with van der Waals surface area (Å²) in [6.45, 7) is 6.30. The molecular weight excluding hydrogens is 437 g/mol. The van der Waals surface area contributed by atoms with Crippen molar-refractivity contribution in [1.82, 2.24) is 9.58 Å². The van der Waals surface area contributed by atoms with Gasteiger partial charge < -0.3 is 4.57 Å². The Morgan fingerprint density at radius 1 is 1.18 bits per heavy atom. The Morgan fingerprint density at radius 2 is 1.97 bits per heavy atom. The van der Waals surface area contributed by atoms with Crippen LogP contribution in [0.3, 0.4) is 0 Å². The van der Waals surface area contributed by atoms with Crippen molar-refractivity contribution in [2.24, 2.45) is 10.1 Å². The summed E-state index contributed by atoms with van der Waals surface area (Å²) in [5.74, 6) is -0.690. The van der Waals surface area contributed by atoms with Gasteiger partial charge in [0.25, 0.3) is 5.91 Å². The highest BCUT2D eigenvalue weighted by molar-refractivity contribution is 8.26. The molecular formula is C25H22FN5OS. The van der Waals surface area contributed by atoms with Crippen molar-refractivity contribution >= 4 is 50.7 Å². The van der Waals surface area contributed by atoms with Crippen LogP contribution in [0.2, 0.25) is 0 Å². The van der Waals surface area contributed by atoms with Crippen LogP contribution < -0.4 is 0 Å². The fourth-order valence-electron chi connectivity index (χ4n) is 4.12. The molecule has 0 atom stereocenters. The Bertz CT molecular complexity index is 1430. The van der Waals surface area contributed by atoms with Crippen LogP contribution >= 0.6 is 11.8 Å². The summed E-state index contributed by atoms with van der Waals surface area (Å²) in [6.07, 6.45) is 2.44. The van der Waals surface area contributed by atoms with Crippen molar-refractivity contribution in [1.29, 1.82) is 5.41 Å². The topological polar surface area (TPSA) is 73.8 Å². The number of amides is 1. The summed E-state index contributed by atoms with van der Waals surface area (Å²) in [5.41, 5.74) is 4.50. The maximum absolute atomic E-state index is 14.4. The average Bonchev–Trinajstić information content (AvgIpc) is 3.32. The molecule has 33 heavy (non-hydrogen) atoms. The van der Waals surface area contributed by atoms with Gasteiger partial charge in [0.15, 0.2) is 5.84 Å². The first-order chi connectivity index (χ1) is 15.9. The van der Waals surface area contributed by atoms with E-state index in [2.05, 4.69) is 16.2 Å². The van der Waals surface area contributed by atoms with E-state index in [1.54, 1.807) is 18.2 Å². The first-order valence-electron chi connectivity index (χ1n) is 10.7. The summed E-state index contributed by atoms with van der Waals surface area (Å²) in [6, 6.07) is 12.8. The zero-order chi connectivity index (χ0) is 23.3. The van der Waals surface area contributed by atoms with Gasteiger partial charge in [0.05, 0.1) is 12.1 Å². The molecule has 8 heteroatoms. The number of hydrazone groups is 1. The molecule has 1 N–H and O–H groups in total. The second-order valence-electron chi connectivity index (χ2n) is 8.06. The molecule has 1 aromatic heterocycles. The Labute approximate surface area is 195 Å². The number of thioether (sulfide) groups is 1.